The van der Waals surface area contributed by atoms with Crippen molar-refractivity contribution in [3.05, 3.63) is 29.3 Å². The van der Waals surface area contributed by atoms with Crippen LogP contribution >= 0.6 is 0 Å². The van der Waals surface area contributed by atoms with E-state index >= 15 is 0 Å². The first-order chi connectivity index (χ1) is 15.0. The van der Waals surface area contributed by atoms with E-state index in [0.717, 1.165) is 32.1 Å². The number of Topliss-reactive ketones (excluding diaryl/α,β-unsaturated/α-hetero) is 1. The fourth-order valence-corrected chi connectivity index (χ4v) is 4.08. The van der Waals surface area contributed by atoms with Crippen molar-refractivity contribution < 1.29 is 33.5 Å². The summed E-state index contributed by atoms with van der Waals surface area (Å²) in [6, 6.07) is 6.86. The molecular formula is C22H26BNO7. The average Bonchev–Trinajstić information content (AvgIpc) is 2.78. The van der Waals surface area contributed by atoms with Crippen molar-refractivity contribution in [3.8, 4) is 11.8 Å². The van der Waals surface area contributed by atoms with E-state index in [1.807, 2.05) is 6.07 Å². The number of nitriles is 1. The topological polar surface area (TPSA) is 123 Å². The van der Waals surface area contributed by atoms with E-state index in [-0.39, 0.29) is 48.2 Å². The van der Waals surface area contributed by atoms with Gasteiger partial charge in [-0.25, -0.2) is 4.79 Å². The summed E-state index contributed by atoms with van der Waals surface area (Å²) in [6.07, 6.45) is 5.44. The Kier molecular flexibility index (Phi) is 8.07. The van der Waals surface area contributed by atoms with Crippen molar-refractivity contribution in [1.29, 1.82) is 5.26 Å². The number of nitrogens with zero attached hydrogens (tertiary/aromatic N) is 1. The highest BCUT2D eigenvalue weighted by Crippen LogP contribution is 2.36. The van der Waals surface area contributed by atoms with Gasteiger partial charge in [0.2, 0.25) is 6.79 Å². The molecule has 8 nitrogen and oxygen atoms in total. The molecule has 1 aliphatic heterocycles. The molecule has 1 N–H and O–H groups in total. The number of para-hydroxylation sites is 1. The minimum atomic E-state index is -1.25. The van der Waals surface area contributed by atoms with Gasteiger partial charge in [0.15, 0.2) is 0 Å². The van der Waals surface area contributed by atoms with Gasteiger partial charge in [-0.3, -0.25) is 9.59 Å². The van der Waals surface area contributed by atoms with Crippen LogP contribution < -0.4 is 4.65 Å². The van der Waals surface area contributed by atoms with E-state index in [1.165, 1.54) is 6.07 Å². The molecule has 9 heteroatoms. The first kappa shape index (κ1) is 22.8. The third-order valence-electron chi connectivity index (χ3n) is 5.78. The zero-order valence-electron chi connectivity index (χ0n) is 17.4. The van der Waals surface area contributed by atoms with E-state index in [9.17, 15) is 19.4 Å². The van der Waals surface area contributed by atoms with Gasteiger partial charge in [0.25, 0.3) is 0 Å². The van der Waals surface area contributed by atoms with Crippen molar-refractivity contribution in [2.24, 2.45) is 5.92 Å². The molecule has 164 valence electrons. The molecule has 0 saturated heterocycles. The zero-order valence-corrected chi connectivity index (χ0v) is 17.4. The van der Waals surface area contributed by atoms with Gasteiger partial charge in [-0.2, -0.15) is 5.26 Å². The quantitative estimate of drug-likeness (QED) is 0.382. The standard InChI is InChI=1S/C22H26BNO7/c24-11-5-9-18(25)13-17-12-16-8-4-10-19(20(16)31-23(17)28)22(27)30-14-29-21(26)15-6-2-1-3-7-15/h4,8,10,15,17,28H,1-3,5-7,9,12-14H2/t17-/m1/s1. The Hall–Kier alpha value is -2.86. The summed E-state index contributed by atoms with van der Waals surface area (Å²) >= 11 is 0. The van der Waals surface area contributed by atoms with E-state index in [2.05, 4.69) is 0 Å². The van der Waals surface area contributed by atoms with Gasteiger partial charge in [-0.15, -0.1) is 0 Å². The van der Waals surface area contributed by atoms with Crippen LogP contribution in [0.5, 0.6) is 5.75 Å². The second-order valence-electron chi connectivity index (χ2n) is 8.02. The highest BCUT2D eigenvalue weighted by Gasteiger charge is 2.37. The molecule has 0 aromatic heterocycles. The summed E-state index contributed by atoms with van der Waals surface area (Å²) < 4.78 is 15.8. The Morgan fingerprint density at radius 1 is 1.19 bits per heavy atom. The van der Waals surface area contributed by atoms with Gasteiger partial charge < -0.3 is 19.2 Å². The molecule has 1 saturated carbocycles. The van der Waals surface area contributed by atoms with Gasteiger partial charge in [-0.05, 0) is 30.9 Å². The van der Waals surface area contributed by atoms with E-state index < -0.39 is 25.7 Å². The first-order valence-corrected chi connectivity index (χ1v) is 10.7. The molecular weight excluding hydrogens is 401 g/mol. The number of hydrogen-bond donors (Lipinski definition) is 1. The molecule has 3 rings (SSSR count). The average molecular weight is 427 g/mol. The number of esters is 2. The molecule has 31 heavy (non-hydrogen) atoms. The van der Waals surface area contributed by atoms with Crippen molar-refractivity contribution >= 4 is 24.8 Å². The molecule has 1 aromatic rings. The molecule has 0 bridgehead atoms. The Morgan fingerprint density at radius 2 is 1.97 bits per heavy atom. The lowest BCUT2D eigenvalue weighted by Gasteiger charge is -2.28. The number of carbonyl (C=O) groups excluding carboxylic acids is 3. The molecule has 1 atom stereocenters. The lowest BCUT2D eigenvalue weighted by molar-refractivity contribution is -0.158. The van der Waals surface area contributed by atoms with Gasteiger partial charge in [0.1, 0.15) is 17.1 Å². The predicted octanol–water partition coefficient (Wildman–Crippen LogP) is 2.97. The fourth-order valence-electron chi connectivity index (χ4n) is 4.08. The van der Waals surface area contributed by atoms with Crippen LogP contribution in [-0.4, -0.2) is 36.7 Å². The summed E-state index contributed by atoms with van der Waals surface area (Å²) in [7, 11) is -1.25. The molecule has 2 aliphatic rings. The van der Waals surface area contributed by atoms with E-state index in [0.29, 0.717) is 12.0 Å². The first-order valence-electron chi connectivity index (χ1n) is 10.7. The molecule has 1 heterocycles. The molecule has 1 aromatic carbocycles. The number of ether oxygens (including phenoxy) is 2. The largest absolute Gasteiger partial charge is 0.535 e. The lowest BCUT2D eigenvalue weighted by atomic mass is 9.64. The molecule has 0 radical (unpaired) electrons. The van der Waals surface area contributed by atoms with Gasteiger partial charge in [0, 0.05) is 25.1 Å². The summed E-state index contributed by atoms with van der Waals surface area (Å²) in [6.45, 7) is -0.476. The maximum atomic E-state index is 12.5. The van der Waals surface area contributed by atoms with Crippen LogP contribution in [-0.2, 0) is 25.5 Å². The van der Waals surface area contributed by atoms with Crippen LogP contribution in [0.15, 0.2) is 18.2 Å². The Morgan fingerprint density at radius 3 is 2.71 bits per heavy atom. The maximum Gasteiger partial charge on any atom is 0.526 e. The number of ketones is 1. The van der Waals surface area contributed by atoms with Crippen molar-refractivity contribution in [2.45, 2.75) is 63.6 Å². The predicted molar refractivity (Wildman–Crippen MR) is 110 cm³/mol. The Balaban J connectivity index is 1.57. The normalized spacial score (nSPS) is 18.3. The Bertz CT molecular complexity index is 860. The minimum absolute atomic E-state index is 0.0913. The molecule has 1 fully saturated rings. The van der Waals surface area contributed by atoms with Crippen molar-refractivity contribution in [1.82, 2.24) is 0 Å². The van der Waals surface area contributed by atoms with Gasteiger partial charge in [-0.1, -0.05) is 31.4 Å². The number of benzene rings is 1. The molecule has 0 amide bonds. The maximum absolute atomic E-state index is 12.5. The van der Waals surface area contributed by atoms with Crippen LogP contribution in [0.2, 0.25) is 5.82 Å². The number of hydrogen-bond acceptors (Lipinski definition) is 8. The zero-order chi connectivity index (χ0) is 22.2. The number of carbonyl (C=O) groups is 3. The van der Waals surface area contributed by atoms with Crippen LogP contribution in [0.4, 0.5) is 0 Å². The fraction of sp³-hybridized carbons (Fsp3) is 0.545. The van der Waals surface area contributed by atoms with Crippen molar-refractivity contribution in [3.63, 3.8) is 0 Å². The van der Waals surface area contributed by atoms with Crippen LogP contribution in [0.1, 0.15) is 67.3 Å². The lowest BCUT2D eigenvalue weighted by Crippen LogP contribution is -2.36. The van der Waals surface area contributed by atoms with E-state index in [4.69, 9.17) is 19.4 Å². The summed E-state index contributed by atoms with van der Waals surface area (Å²) in [5, 5.41) is 18.9. The van der Waals surface area contributed by atoms with Crippen LogP contribution in [0, 0.1) is 17.2 Å². The molecule has 0 unspecified atom stereocenters. The molecule has 0 spiro atoms. The van der Waals surface area contributed by atoms with Gasteiger partial charge >= 0.3 is 19.1 Å². The third kappa shape index (κ3) is 6.08. The monoisotopic (exact) mass is 427 g/mol. The summed E-state index contributed by atoms with van der Waals surface area (Å²) in [5.74, 6) is -1.57. The minimum Gasteiger partial charge on any atom is -0.535 e. The summed E-state index contributed by atoms with van der Waals surface area (Å²) in [5.41, 5.74) is 0.802. The van der Waals surface area contributed by atoms with Gasteiger partial charge in [0.05, 0.1) is 12.0 Å². The van der Waals surface area contributed by atoms with Crippen LogP contribution in [0.25, 0.3) is 0 Å². The van der Waals surface area contributed by atoms with E-state index in [1.54, 1.807) is 12.1 Å². The highest BCUT2D eigenvalue weighted by molar-refractivity contribution is 6.47. The molecule has 1 aliphatic carbocycles. The summed E-state index contributed by atoms with van der Waals surface area (Å²) in [4.78, 5) is 36.5. The number of fused-ring (bicyclic) bond motifs is 1. The van der Waals surface area contributed by atoms with Crippen molar-refractivity contribution in [2.75, 3.05) is 6.79 Å². The second kappa shape index (κ2) is 11.0. The third-order valence-corrected chi connectivity index (χ3v) is 5.78. The van der Waals surface area contributed by atoms with Crippen LogP contribution in [0.3, 0.4) is 0 Å². The second-order valence-corrected chi connectivity index (χ2v) is 8.02. The SMILES string of the molecule is N#CCCC(=O)C[C@H]1Cc2cccc(C(=O)OCOC(=O)C3CCCCC3)c2OB1O. The smallest absolute Gasteiger partial charge is 0.526 e. The highest BCUT2D eigenvalue weighted by atomic mass is 16.7. The Labute approximate surface area is 181 Å². The number of rotatable bonds is 8.